The molecule has 7 heteroatoms. The predicted octanol–water partition coefficient (Wildman–Crippen LogP) is 2.02. The van der Waals surface area contributed by atoms with E-state index in [1.54, 1.807) is 0 Å². The van der Waals surface area contributed by atoms with Crippen LogP contribution in [-0.2, 0) is 21.5 Å². The zero-order chi connectivity index (χ0) is 20.0. The van der Waals surface area contributed by atoms with Crippen molar-refractivity contribution >= 4 is 23.6 Å². The van der Waals surface area contributed by atoms with Gasteiger partial charge in [0.1, 0.15) is 12.1 Å². The number of fused-ring (bicyclic) bond motifs is 2. The van der Waals surface area contributed by atoms with Crippen LogP contribution in [0, 0.1) is 0 Å². The fourth-order valence-electron chi connectivity index (χ4n) is 4.42. The van der Waals surface area contributed by atoms with Gasteiger partial charge >= 0.3 is 6.03 Å². The van der Waals surface area contributed by atoms with Crippen LogP contribution >= 0.6 is 0 Å². The molecular weight excluding hydrogens is 368 g/mol. The third-order valence-electron chi connectivity index (χ3n) is 5.91. The Bertz CT molecular complexity index is 1050. The number of nitrogens with zero attached hydrogens (tertiary/aromatic N) is 3. The normalized spacial score (nSPS) is 22.8. The van der Waals surface area contributed by atoms with Crippen LogP contribution in [0.3, 0.4) is 0 Å². The molecule has 29 heavy (non-hydrogen) atoms. The third-order valence-corrected chi connectivity index (χ3v) is 5.91. The van der Waals surface area contributed by atoms with Gasteiger partial charge in [-0.15, -0.1) is 0 Å². The number of hydrogen-bond donors (Lipinski definition) is 1. The molecule has 0 radical (unpaired) electrons. The van der Waals surface area contributed by atoms with Crippen molar-refractivity contribution in [3.05, 3.63) is 71.3 Å². The molecule has 3 aliphatic rings. The largest absolute Gasteiger partial charge is 0.325 e. The van der Waals surface area contributed by atoms with E-state index in [1.807, 2.05) is 54.6 Å². The van der Waals surface area contributed by atoms with Crippen molar-refractivity contribution in [1.29, 1.82) is 0 Å². The minimum absolute atomic E-state index is 0.305. The van der Waals surface area contributed by atoms with E-state index < -0.39 is 11.6 Å². The standard InChI is InChI=1S/C22H20N4O3/c27-19(26-13-11-18(24-26)16-7-2-1-3-8-16)14-25-20(28)22(23-21(25)29)12-10-15-6-4-5-9-17(15)22/h1-9H,10-14H2,(H,23,29)/t22-/m0/s1. The van der Waals surface area contributed by atoms with Gasteiger partial charge in [-0.2, -0.15) is 5.10 Å². The molecule has 4 amide bonds. The molecule has 1 atom stereocenters. The van der Waals surface area contributed by atoms with Crippen LogP contribution < -0.4 is 5.32 Å². The molecule has 146 valence electrons. The Balaban J connectivity index is 1.34. The van der Waals surface area contributed by atoms with Crippen LogP contribution in [0.15, 0.2) is 59.7 Å². The first-order chi connectivity index (χ1) is 14.1. The minimum atomic E-state index is -1.04. The first-order valence-corrected chi connectivity index (χ1v) is 9.74. The van der Waals surface area contributed by atoms with Crippen molar-refractivity contribution in [2.45, 2.75) is 24.8 Å². The number of benzene rings is 2. The highest BCUT2D eigenvalue weighted by Gasteiger charge is 2.55. The summed E-state index contributed by atoms with van der Waals surface area (Å²) >= 11 is 0. The Hall–Kier alpha value is -3.48. The van der Waals surface area contributed by atoms with Gasteiger partial charge in [-0.05, 0) is 29.5 Å². The monoisotopic (exact) mass is 388 g/mol. The van der Waals surface area contributed by atoms with Crippen LogP contribution in [0.5, 0.6) is 0 Å². The van der Waals surface area contributed by atoms with Crippen molar-refractivity contribution in [2.24, 2.45) is 5.10 Å². The first kappa shape index (κ1) is 17.6. The molecular formula is C22H20N4O3. The van der Waals surface area contributed by atoms with Gasteiger partial charge in [0.2, 0.25) is 0 Å². The van der Waals surface area contributed by atoms with Gasteiger partial charge in [-0.3, -0.25) is 14.5 Å². The highest BCUT2D eigenvalue weighted by atomic mass is 16.2. The van der Waals surface area contributed by atoms with Crippen LogP contribution in [-0.4, -0.2) is 46.6 Å². The van der Waals surface area contributed by atoms with Crippen LogP contribution in [0.1, 0.15) is 29.5 Å². The van der Waals surface area contributed by atoms with E-state index in [2.05, 4.69) is 10.4 Å². The summed E-state index contributed by atoms with van der Waals surface area (Å²) in [5, 5.41) is 8.61. The smallest absolute Gasteiger partial charge is 0.319 e. The van der Waals surface area contributed by atoms with Crippen LogP contribution in [0.2, 0.25) is 0 Å². The summed E-state index contributed by atoms with van der Waals surface area (Å²) in [7, 11) is 0. The lowest BCUT2D eigenvalue weighted by Crippen LogP contribution is -2.43. The van der Waals surface area contributed by atoms with Crippen molar-refractivity contribution in [1.82, 2.24) is 15.2 Å². The summed E-state index contributed by atoms with van der Waals surface area (Å²) in [6.07, 6.45) is 1.88. The van der Waals surface area contributed by atoms with Crippen molar-refractivity contribution in [3.8, 4) is 0 Å². The number of carbonyl (C=O) groups is 3. The summed E-state index contributed by atoms with van der Waals surface area (Å²) in [4.78, 5) is 39.5. The number of hydrazone groups is 1. The highest BCUT2D eigenvalue weighted by molar-refractivity contribution is 6.10. The van der Waals surface area contributed by atoms with E-state index in [0.29, 0.717) is 19.4 Å². The molecule has 2 heterocycles. The van der Waals surface area contributed by atoms with Crippen LogP contribution in [0.25, 0.3) is 0 Å². The third kappa shape index (κ3) is 2.73. The Morgan fingerprint density at radius 1 is 1.03 bits per heavy atom. The highest BCUT2D eigenvalue weighted by Crippen LogP contribution is 2.41. The molecule has 2 aromatic rings. The van der Waals surface area contributed by atoms with E-state index in [-0.39, 0.29) is 18.4 Å². The molecule has 1 fully saturated rings. The summed E-state index contributed by atoms with van der Waals surface area (Å²) in [6, 6.07) is 16.8. The Morgan fingerprint density at radius 3 is 2.62 bits per heavy atom. The molecule has 2 aromatic carbocycles. The lowest BCUT2D eigenvalue weighted by atomic mass is 9.92. The van der Waals surface area contributed by atoms with Gasteiger partial charge in [0, 0.05) is 6.42 Å². The predicted molar refractivity (Wildman–Crippen MR) is 106 cm³/mol. The summed E-state index contributed by atoms with van der Waals surface area (Å²) in [5.74, 6) is -0.713. The number of rotatable bonds is 3. The quantitative estimate of drug-likeness (QED) is 0.817. The first-order valence-electron chi connectivity index (χ1n) is 9.74. The average Bonchev–Trinajstić information content (AvgIpc) is 3.44. The summed E-state index contributed by atoms with van der Waals surface area (Å²) in [6.45, 7) is 0.140. The van der Waals surface area contributed by atoms with Gasteiger partial charge < -0.3 is 5.32 Å². The molecule has 0 aromatic heterocycles. The van der Waals surface area contributed by atoms with E-state index in [4.69, 9.17) is 0 Å². The Labute approximate surface area is 168 Å². The number of carbonyl (C=O) groups excluding carboxylic acids is 3. The topological polar surface area (TPSA) is 82.1 Å². The zero-order valence-corrected chi connectivity index (χ0v) is 15.8. The summed E-state index contributed by atoms with van der Waals surface area (Å²) in [5.41, 5.74) is 2.65. The van der Waals surface area contributed by atoms with E-state index in [1.165, 1.54) is 5.01 Å². The number of urea groups is 1. The van der Waals surface area contributed by atoms with Gasteiger partial charge in [0.05, 0.1) is 12.3 Å². The molecule has 1 spiro atoms. The second-order valence-electron chi connectivity index (χ2n) is 7.56. The molecule has 1 N–H and O–H groups in total. The van der Waals surface area contributed by atoms with Crippen molar-refractivity contribution < 1.29 is 14.4 Å². The number of imide groups is 1. The number of amides is 4. The second kappa shape index (κ2) is 6.55. The van der Waals surface area contributed by atoms with E-state index in [0.717, 1.165) is 33.7 Å². The lowest BCUT2D eigenvalue weighted by Gasteiger charge is -2.22. The number of nitrogens with one attached hydrogen (secondary N) is 1. The molecule has 1 aliphatic carbocycles. The second-order valence-corrected chi connectivity index (χ2v) is 7.56. The molecule has 0 unspecified atom stereocenters. The van der Waals surface area contributed by atoms with Gasteiger partial charge in [-0.1, -0.05) is 54.6 Å². The molecule has 0 saturated carbocycles. The SMILES string of the molecule is O=C(CN1C(=O)N[C@]2(CCc3ccccc32)C1=O)N1CCC(c2ccccc2)=N1. The Morgan fingerprint density at radius 2 is 1.79 bits per heavy atom. The van der Waals surface area contributed by atoms with E-state index >= 15 is 0 Å². The molecule has 7 nitrogen and oxygen atoms in total. The maximum Gasteiger partial charge on any atom is 0.325 e. The van der Waals surface area contributed by atoms with Crippen molar-refractivity contribution in [3.63, 3.8) is 0 Å². The van der Waals surface area contributed by atoms with Crippen molar-refractivity contribution in [2.75, 3.05) is 13.1 Å². The fourth-order valence-corrected chi connectivity index (χ4v) is 4.42. The maximum absolute atomic E-state index is 13.2. The van der Waals surface area contributed by atoms with Crippen LogP contribution in [0.4, 0.5) is 4.79 Å². The van der Waals surface area contributed by atoms with E-state index in [9.17, 15) is 14.4 Å². The number of aryl methyl sites for hydroxylation is 1. The maximum atomic E-state index is 13.2. The average molecular weight is 388 g/mol. The fraction of sp³-hybridized carbons (Fsp3) is 0.273. The number of hydrogen-bond acceptors (Lipinski definition) is 4. The van der Waals surface area contributed by atoms with Gasteiger partial charge in [-0.25, -0.2) is 9.80 Å². The molecule has 2 aliphatic heterocycles. The minimum Gasteiger partial charge on any atom is -0.319 e. The Kier molecular flexibility index (Phi) is 3.97. The zero-order valence-electron chi connectivity index (χ0n) is 15.8. The summed E-state index contributed by atoms with van der Waals surface area (Å²) < 4.78 is 0. The van der Waals surface area contributed by atoms with Gasteiger partial charge in [0.15, 0.2) is 0 Å². The molecule has 5 rings (SSSR count). The van der Waals surface area contributed by atoms with Gasteiger partial charge in [0.25, 0.3) is 11.8 Å². The lowest BCUT2D eigenvalue weighted by molar-refractivity contribution is -0.138. The molecule has 0 bridgehead atoms. The molecule has 1 saturated heterocycles.